The van der Waals surface area contributed by atoms with Crippen LogP contribution in [0.3, 0.4) is 0 Å². The number of rotatable bonds is 2. The van der Waals surface area contributed by atoms with Crippen LogP contribution < -0.4 is 5.06 Å². The summed E-state index contributed by atoms with van der Waals surface area (Å²) < 4.78 is 0. The Bertz CT molecular complexity index is 735. The third-order valence-corrected chi connectivity index (χ3v) is 3.15. The SMILES string of the molecule is Cc1cccc(C=C2C(=O)ON(c3ccccc3)C2=O)c1. The molecule has 2 aromatic carbocycles. The minimum absolute atomic E-state index is 0.0319. The number of hydrogen-bond acceptors (Lipinski definition) is 3. The lowest BCUT2D eigenvalue weighted by atomic mass is 10.1. The van der Waals surface area contributed by atoms with Crippen LogP contribution in [0.2, 0.25) is 0 Å². The van der Waals surface area contributed by atoms with E-state index in [1.165, 1.54) is 0 Å². The number of hydrogen-bond donors (Lipinski definition) is 0. The third-order valence-electron chi connectivity index (χ3n) is 3.15. The van der Waals surface area contributed by atoms with Crippen LogP contribution in [-0.4, -0.2) is 11.9 Å². The second kappa shape index (κ2) is 5.25. The van der Waals surface area contributed by atoms with Gasteiger partial charge in [-0.25, -0.2) is 4.79 Å². The first kappa shape index (κ1) is 13.1. The van der Waals surface area contributed by atoms with Gasteiger partial charge in [0, 0.05) is 0 Å². The van der Waals surface area contributed by atoms with E-state index in [4.69, 9.17) is 4.84 Å². The molecule has 1 aliphatic heterocycles. The molecular formula is C17H13NO3. The van der Waals surface area contributed by atoms with Crippen LogP contribution in [0, 0.1) is 6.92 Å². The van der Waals surface area contributed by atoms with Crippen molar-refractivity contribution in [3.63, 3.8) is 0 Å². The normalized spacial score (nSPS) is 16.4. The molecule has 4 heteroatoms. The second-order valence-corrected chi connectivity index (χ2v) is 4.79. The Morgan fingerprint density at radius 3 is 2.48 bits per heavy atom. The number of para-hydroxylation sites is 1. The van der Waals surface area contributed by atoms with Gasteiger partial charge in [-0.05, 0) is 30.7 Å². The van der Waals surface area contributed by atoms with Crippen molar-refractivity contribution in [2.45, 2.75) is 6.92 Å². The van der Waals surface area contributed by atoms with E-state index >= 15 is 0 Å². The molecule has 0 aromatic heterocycles. The van der Waals surface area contributed by atoms with E-state index in [9.17, 15) is 9.59 Å². The van der Waals surface area contributed by atoms with Crippen molar-refractivity contribution in [1.82, 2.24) is 0 Å². The predicted molar refractivity (Wildman–Crippen MR) is 79.2 cm³/mol. The summed E-state index contributed by atoms with van der Waals surface area (Å²) in [5, 5.41) is 1.02. The molecule has 3 rings (SSSR count). The average molecular weight is 279 g/mol. The number of nitrogens with zero attached hydrogens (tertiary/aromatic N) is 1. The minimum atomic E-state index is -0.634. The van der Waals surface area contributed by atoms with E-state index in [0.29, 0.717) is 5.69 Å². The lowest BCUT2D eigenvalue weighted by Crippen LogP contribution is -2.22. The summed E-state index contributed by atoms with van der Waals surface area (Å²) in [4.78, 5) is 29.3. The molecule has 4 nitrogen and oxygen atoms in total. The van der Waals surface area contributed by atoms with Crippen molar-refractivity contribution in [1.29, 1.82) is 0 Å². The van der Waals surface area contributed by atoms with Crippen molar-refractivity contribution in [3.8, 4) is 0 Å². The highest BCUT2D eigenvalue weighted by molar-refractivity contribution is 6.28. The molecule has 0 saturated carbocycles. The highest BCUT2D eigenvalue weighted by atomic mass is 16.7. The van der Waals surface area contributed by atoms with Crippen LogP contribution in [0.1, 0.15) is 11.1 Å². The Hall–Kier alpha value is -2.88. The molecule has 0 spiro atoms. The highest BCUT2D eigenvalue weighted by Gasteiger charge is 2.37. The summed E-state index contributed by atoms with van der Waals surface area (Å²) in [7, 11) is 0. The monoisotopic (exact) mass is 279 g/mol. The molecule has 0 unspecified atom stereocenters. The van der Waals surface area contributed by atoms with E-state index in [0.717, 1.165) is 16.2 Å². The van der Waals surface area contributed by atoms with Crippen molar-refractivity contribution >= 4 is 23.6 Å². The highest BCUT2D eigenvalue weighted by Crippen LogP contribution is 2.25. The molecule has 0 aliphatic carbocycles. The molecule has 2 aromatic rings. The molecule has 1 amide bonds. The van der Waals surface area contributed by atoms with Crippen molar-refractivity contribution in [2.75, 3.05) is 5.06 Å². The molecular weight excluding hydrogens is 266 g/mol. The fourth-order valence-electron chi connectivity index (χ4n) is 2.15. The number of benzene rings is 2. The third kappa shape index (κ3) is 2.56. The van der Waals surface area contributed by atoms with Gasteiger partial charge in [0.1, 0.15) is 5.57 Å². The summed E-state index contributed by atoms with van der Waals surface area (Å²) in [5.74, 6) is -1.09. The Labute approximate surface area is 122 Å². The summed E-state index contributed by atoms with van der Waals surface area (Å²) >= 11 is 0. The molecule has 0 bridgehead atoms. The van der Waals surface area contributed by atoms with E-state index in [2.05, 4.69) is 0 Å². The van der Waals surface area contributed by atoms with Crippen LogP contribution in [0.25, 0.3) is 6.08 Å². The molecule has 104 valence electrons. The summed E-state index contributed by atoms with van der Waals surface area (Å²) in [5.41, 5.74) is 2.42. The molecule has 1 heterocycles. The molecule has 1 fully saturated rings. The topological polar surface area (TPSA) is 46.6 Å². The first-order chi connectivity index (χ1) is 10.1. The lowest BCUT2D eigenvalue weighted by Gasteiger charge is -2.11. The first-order valence-electron chi connectivity index (χ1n) is 6.55. The van der Waals surface area contributed by atoms with Crippen LogP contribution in [0.5, 0.6) is 0 Å². The van der Waals surface area contributed by atoms with Crippen LogP contribution >= 0.6 is 0 Å². The van der Waals surface area contributed by atoms with Gasteiger partial charge in [-0.3, -0.25) is 4.79 Å². The largest absolute Gasteiger partial charge is 0.369 e. The van der Waals surface area contributed by atoms with Gasteiger partial charge in [-0.15, -0.1) is 5.06 Å². The van der Waals surface area contributed by atoms with Crippen LogP contribution in [-0.2, 0) is 14.4 Å². The fraction of sp³-hybridized carbons (Fsp3) is 0.0588. The molecule has 1 aliphatic rings. The van der Waals surface area contributed by atoms with Gasteiger partial charge in [-0.2, -0.15) is 0 Å². The molecule has 21 heavy (non-hydrogen) atoms. The maximum Gasteiger partial charge on any atom is 0.369 e. The standard InChI is InChI=1S/C17H13NO3/c1-12-6-5-7-13(10-12)11-15-16(19)18(21-17(15)20)14-8-3-2-4-9-14/h2-11H,1H3. The van der Waals surface area contributed by atoms with E-state index in [1.54, 1.807) is 30.3 Å². The quantitative estimate of drug-likeness (QED) is 0.627. The van der Waals surface area contributed by atoms with Gasteiger partial charge in [0.25, 0.3) is 5.91 Å². The Kier molecular flexibility index (Phi) is 3.28. The Balaban J connectivity index is 1.94. The van der Waals surface area contributed by atoms with Gasteiger partial charge < -0.3 is 4.84 Å². The Morgan fingerprint density at radius 2 is 1.76 bits per heavy atom. The lowest BCUT2D eigenvalue weighted by molar-refractivity contribution is -0.137. The number of hydroxylamine groups is 1. The molecule has 0 N–H and O–H groups in total. The smallest absolute Gasteiger partial charge is 0.327 e. The van der Waals surface area contributed by atoms with Crippen LogP contribution in [0.4, 0.5) is 5.69 Å². The zero-order chi connectivity index (χ0) is 14.8. The molecule has 0 atom stereocenters. The molecule has 1 saturated heterocycles. The van der Waals surface area contributed by atoms with Gasteiger partial charge in [0.2, 0.25) is 0 Å². The van der Waals surface area contributed by atoms with Gasteiger partial charge in [0.05, 0.1) is 5.69 Å². The van der Waals surface area contributed by atoms with E-state index < -0.39 is 11.9 Å². The van der Waals surface area contributed by atoms with E-state index in [-0.39, 0.29) is 5.57 Å². The minimum Gasteiger partial charge on any atom is -0.327 e. The maximum atomic E-state index is 12.3. The van der Waals surface area contributed by atoms with Crippen LogP contribution in [0.15, 0.2) is 60.2 Å². The number of carbonyl (C=O) groups is 2. The van der Waals surface area contributed by atoms with E-state index in [1.807, 2.05) is 37.3 Å². The number of aryl methyl sites for hydroxylation is 1. The molecule has 0 radical (unpaired) electrons. The fourth-order valence-corrected chi connectivity index (χ4v) is 2.15. The van der Waals surface area contributed by atoms with Crippen molar-refractivity contribution in [2.24, 2.45) is 0 Å². The van der Waals surface area contributed by atoms with Gasteiger partial charge in [-0.1, -0.05) is 48.0 Å². The summed E-state index contributed by atoms with van der Waals surface area (Å²) in [6, 6.07) is 16.4. The Morgan fingerprint density at radius 1 is 1.00 bits per heavy atom. The van der Waals surface area contributed by atoms with Crippen molar-refractivity contribution < 1.29 is 14.4 Å². The zero-order valence-electron chi connectivity index (χ0n) is 11.4. The van der Waals surface area contributed by atoms with Gasteiger partial charge >= 0.3 is 5.97 Å². The first-order valence-corrected chi connectivity index (χ1v) is 6.55. The summed E-state index contributed by atoms with van der Waals surface area (Å²) in [6.07, 6.45) is 1.56. The average Bonchev–Trinajstić information content (AvgIpc) is 2.76. The number of amides is 1. The summed E-state index contributed by atoms with van der Waals surface area (Å²) in [6.45, 7) is 1.95. The maximum absolute atomic E-state index is 12.3. The number of anilines is 1. The number of carbonyl (C=O) groups excluding carboxylic acids is 2. The zero-order valence-corrected chi connectivity index (χ0v) is 11.4. The predicted octanol–water partition coefficient (Wildman–Crippen LogP) is 2.88. The van der Waals surface area contributed by atoms with Gasteiger partial charge in [0.15, 0.2) is 0 Å². The second-order valence-electron chi connectivity index (χ2n) is 4.79. The van der Waals surface area contributed by atoms with Crippen molar-refractivity contribution in [3.05, 3.63) is 71.3 Å².